The maximum atomic E-state index is 6.66. The van der Waals surface area contributed by atoms with Gasteiger partial charge in [-0.05, 0) is 154 Å². The minimum absolute atomic E-state index is 0.333. The molecule has 0 aromatic rings. The summed E-state index contributed by atoms with van der Waals surface area (Å²) in [5, 5.41) is 0. The topological polar surface area (TPSA) is 98.9 Å². The van der Waals surface area contributed by atoms with Crippen LogP contribution in [0.3, 0.4) is 0 Å². The molecule has 0 spiro atoms. The molecule has 3 unspecified atom stereocenters. The molecule has 0 amide bonds. The number of rotatable bonds is 28. The normalized spacial score (nSPS) is 21.2. The van der Waals surface area contributed by atoms with Gasteiger partial charge in [-0.2, -0.15) is 0 Å². The van der Waals surface area contributed by atoms with Crippen molar-refractivity contribution in [1.29, 1.82) is 0 Å². The molecule has 3 aliphatic rings. The first-order valence-corrected chi connectivity index (χ1v) is 40.9. The minimum atomic E-state index is -2.27. The second-order valence-corrected chi connectivity index (χ2v) is 48.0. The fourth-order valence-electron chi connectivity index (χ4n) is 6.49. The number of epoxide rings is 2. The van der Waals surface area contributed by atoms with Crippen molar-refractivity contribution < 1.29 is 44.3 Å². The molecule has 3 rings (SSSR count). The Morgan fingerprint density at radius 1 is 0.451 bits per heavy atom. The van der Waals surface area contributed by atoms with Crippen molar-refractivity contribution in [3.8, 4) is 0 Å². The molecule has 0 N–H and O–H groups in total. The molecular weight excluding hydrogens is 765 g/mol. The summed E-state index contributed by atoms with van der Waals surface area (Å²) in [6, 6.07) is 3.22. The van der Waals surface area contributed by atoms with E-state index in [0.29, 0.717) is 18.8 Å². The molecule has 0 aromatic carbocycles. The number of hydrogen-bond acceptors (Lipinski definition) is 10. The van der Waals surface area contributed by atoms with E-state index < -0.39 is 59.0 Å². The van der Waals surface area contributed by atoms with Gasteiger partial charge in [0.25, 0.3) is 0 Å². The lowest BCUT2D eigenvalue weighted by atomic mass is 10.4. The van der Waals surface area contributed by atoms with Crippen LogP contribution in [0.25, 0.3) is 0 Å². The highest BCUT2D eigenvalue weighted by atomic mass is 28.5. The SMILES string of the molecule is C[Si](C)(C)O[Si](C)(C)O[Si](C)(CCCOCC1CO1)O[Si](C)(C)C.C[Si](C)(CCCOCC1CC1)O[Si](C)(C)O[Si](C)(C)CCCOCC1CO1. The molecule has 3 atom stereocenters. The van der Waals surface area contributed by atoms with Crippen LogP contribution in [0.1, 0.15) is 32.1 Å². The van der Waals surface area contributed by atoms with E-state index in [-0.39, 0.29) is 0 Å². The molecule has 0 aromatic heterocycles. The summed E-state index contributed by atoms with van der Waals surface area (Å²) in [5.74, 6) is 0.853. The molecule has 10 nitrogen and oxygen atoms in total. The highest BCUT2D eigenvalue weighted by molar-refractivity contribution is 6.89. The molecule has 2 heterocycles. The van der Waals surface area contributed by atoms with E-state index >= 15 is 0 Å². The van der Waals surface area contributed by atoms with Crippen molar-refractivity contribution in [1.82, 2.24) is 0 Å². The molecule has 2 aliphatic heterocycles. The predicted molar refractivity (Wildman–Crippen MR) is 227 cm³/mol. The third-order valence-corrected chi connectivity index (χ3v) is 33.1. The molecule has 17 heteroatoms. The van der Waals surface area contributed by atoms with Crippen molar-refractivity contribution >= 4 is 59.0 Å². The molecular formula is C34H80O10Si7. The average Bonchev–Trinajstić information content (AvgIpc) is 3.75. The quantitative estimate of drug-likeness (QED) is 0.0431. The van der Waals surface area contributed by atoms with Gasteiger partial charge in [0, 0.05) is 26.4 Å². The fraction of sp³-hybridized carbons (Fsp3) is 1.00. The summed E-state index contributed by atoms with van der Waals surface area (Å²) < 4.78 is 60.3. The van der Waals surface area contributed by atoms with E-state index in [4.69, 9.17) is 44.3 Å². The molecule has 304 valence electrons. The molecule has 1 saturated carbocycles. The Morgan fingerprint density at radius 2 is 0.824 bits per heavy atom. The Hall–Kier alpha value is 1.12. The molecule has 3 fully saturated rings. The minimum Gasteiger partial charge on any atom is -0.437 e. The number of hydrogen-bond donors (Lipinski definition) is 0. The highest BCUT2D eigenvalue weighted by Crippen LogP contribution is 2.30. The zero-order chi connectivity index (χ0) is 38.6. The van der Waals surface area contributed by atoms with Crippen LogP contribution < -0.4 is 0 Å². The van der Waals surface area contributed by atoms with E-state index in [0.717, 1.165) is 89.6 Å². The molecule has 0 radical (unpaired) electrons. The molecule has 1 aliphatic carbocycles. The first-order chi connectivity index (χ1) is 23.3. The maximum absolute atomic E-state index is 6.66. The second-order valence-electron chi connectivity index (χ2n) is 19.1. The van der Waals surface area contributed by atoms with E-state index in [1.165, 1.54) is 12.8 Å². The van der Waals surface area contributed by atoms with Gasteiger partial charge in [0.15, 0.2) is 33.3 Å². The molecule has 51 heavy (non-hydrogen) atoms. The van der Waals surface area contributed by atoms with Crippen LogP contribution in [0.15, 0.2) is 0 Å². The Kier molecular flexibility index (Phi) is 19.9. The van der Waals surface area contributed by atoms with Gasteiger partial charge in [-0.15, -0.1) is 0 Å². The van der Waals surface area contributed by atoms with Gasteiger partial charge in [-0.1, -0.05) is 0 Å². The van der Waals surface area contributed by atoms with Gasteiger partial charge in [0.2, 0.25) is 0 Å². The standard InChI is InChI=1S/C19H42O5Si3.C15H38O5Si4/c1-25(2,13-7-11-20-15-18-9-10-18)23-27(5,6)24-26(3,4)14-8-12-21-16-19-17-22-19;1-21(2,3)18-23(7,8)20-24(9,19-22(4,5)6)12-10-11-16-13-15-14-17-15/h18-19H,7-17H2,1-6H3;15H,10-14H2,1-9H3. The summed E-state index contributed by atoms with van der Waals surface area (Å²) in [7, 11) is -13.3. The lowest BCUT2D eigenvalue weighted by molar-refractivity contribution is 0.115. The van der Waals surface area contributed by atoms with Crippen LogP contribution >= 0.6 is 0 Å². The van der Waals surface area contributed by atoms with Gasteiger partial charge in [0.05, 0.1) is 26.4 Å². The van der Waals surface area contributed by atoms with E-state index in [9.17, 15) is 0 Å². The summed E-state index contributed by atoms with van der Waals surface area (Å²) in [4.78, 5) is 0. The zero-order valence-corrected chi connectivity index (χ0v) is 42.6. The van der Waals surface area contributed by atoms with Crippen molar-refractivity contribution in [2.24, 2.45) is 5.92 Å². The van der Waals surface area contributed by atoms with Crippen LogP contribution in [-0.2, 0) is 44.3 Å². The van der Waals surface area contributed by atoms with Gasteiger partial charge in [-0.25, -0.2) is 0 Å². The van der Waals surface area contributed by atoms with E-state index in [2.05, 4.69) is 98.2 Å². The number of ether oxygens (including phenoxy) is 5. The summed E-state index contributed by atoms with van der Waals surface area (Å²) in [6.45, 7) is 40.2. The molecule has 0 bridgehead atoms. The Labute approximate surface area is 321 Å². The van der Waals surface area contributed by atoms with E-state index in [1.54, 1.807) is 0 Å². The van der Waals surface area contributed by atoms with Crippen LogP contribution in [0.4, 0.5) is 0 Å². The lowest BCUT2D eigenvalue weighted by Crippen LogP contribution is -2.56. The average molecular weight is 846 g/mol. The van der Waals surface area contributed by atoms with Crippen LogP contribution in [0.2, 0.25) is 116 Å². The van der Waals surface area contributed by atoms with Crippen molar-refractivity contribution in [2.75, 3.05) is 52.9 Å². The zero-order valence-electron chi connectivity index (χ0n) is 35.6. The summed E-state index contributed by atoms with van der Waals surface area (Å²) in [6.07, 6.45) is 6.56. The third kappa shape index (κ3) is 27.4. The summed E-state index contributed by atoms with van der Waals surface area (Å²) in [5.41, 5.74) is 0. The van der Waals surface area contributed by atoms with Crippen molar-refractivity contribution in [3.05, 3.63) is 0 Å². The first-order valence-electron chi connectivity index (χ1n) is 19.7. The first kappa shape index (κ1) is 48.3. The van der Waals surface area contributed by atoms with Gasteiger partial charge in [-0.3, -0.25) is 0 Å². The van der Waals surface area contributed by atoms with Gasteiger partial charge in [0.1, 0.15) is 12.2 Å². The highest BCUT2D eigenvalue weighted by Gasteiger charge is 2.44. The maximum Gasteiger partial charge on any atom is 0.315 e. The van der Waals surface area contributed by atoms with E-state index in [1.807, 2.05) is 0 Å². The Balaban J connectivity index is 0.000000356. The lowest BCUT2D eigenvalue weighted by Gasteiger charge is -2.41. The van der Waals surface area contributed by atoms with Crippen LogP contribution in [0, 0.1) is 5.92 Å². The monoisotopic (exact) mass is 844 g/mol. The third-order valence-electron chi connectivity index (χ3n) is 8.10. The summed E-state index contributed by atoms with van der Waals surface area (Å²) >= 11 is 0. The fourth-order valence-corrected chi connectivity index (χ4v) is 38.4. The molecule has 2 saturated heterocycles. The van der Waals surface area contributed by atoms with Gasteiger partial charge < -0.3 is 44.3 Å². The largest absolute Gasteiger partial charge is 0.437 e. The Morgan fingerprint density at radius 3 is 1.20 bits per heavy atom. The predicted octanol–water partition coefficient (Wildman–Crippen LogP) is 9.04. The Bertz CT molecular complexity index is 944. The van der Waals surface area contributed by atoms with Crippen molar-refractivity contribution in [3.63, 3.8) is 0 Å². The smallest absolute Gasteiger partial charge is 0.315 e. The van der Waals surface area contributed by atoms with Crippen LogP contribution in [0.5, 0.6) is 0 Å². The second kappa shape index (κ2) is 21.0. The van der Waals surface area contributed by atoms with Crippen LogP contribution in [-0.4, -0.2) is 124 Å². The van der Waals surface area contributed by atoms with Crippen molar-refractivity contribution in [2.45, 2.75) is 161 Å². The van der Waals surface area contributed by atoms with Gasteiger partial charge >= 0.3 is 25.7 Å².